The van der Waals surface area contributed by atoms with Crippen LogP contribution in [0.5, 0.6) is 0 Å². The molecule has 1 aliphatic heterocycles. The zero-order valence-corrected chi connectivity index (χ0v) is 12.4. The second-order valence-electron chi connectivity index (χ2n) is 6.13. The first-order valence-corrected chi connectivity index (χ1v) is 6.90. The van der Waals surface area contributed by atoms with Gasteiger partial charge in [0.1, 0.15) is 0 Å². The molecule has 0 amide bonds. The van der Waals surface area contributed by atoms with Crippen LogP contribution < -0.4 is 5.32 Å². The summed E-state index contributed by atoms with van der Waals surface area (Å²) >= 11 is 0. The lowest BCUT2D eigenvalue weighted by molar-refractivity contribution is -0.0864. The lowest BCUT2D eigenvalue weighted by atomic mass is 9.89. The number of hydrogen-bond donors (Lipinski definition) is 1. The van der Waals surface area contributed by atoms with E-state index >= 15 is 0 Å². The third-order valence-corrected chi connectivity index (χ3v) is 3.19. The van der Waals surface area contributed by atoms with Crippen LogP contribution in [-0.2, 0) is 28.5 Å². The molecule has 1 fully saturated rings. The summed E-state index contributed by atoms with van der Waals surface area (Å²) < 4.78 is 12.9. The van der Waals surface area contributed by atoms with E-state index in [1.54, 1.807) is 0 Å². The van der Waals surface area contributed by atoms with Gasteiger partial charge in [0.2, 0.25) is 0 Å². The summed E-state index contributed by atoms with van der Waals surface area (Å²) in [5.74, 6) is 0. The summed E-state index contributed by atoms with van der Waals surface area (Å²) in [5, 5.41) is 8.01. The fourth-order valence-electron chi connectivity index (χ4n) is 2.32. The van der Waals surface area contributed by atoms with Gasteiger partial charge in [-0.2, -0.15) is 5.10 Å². The summed E-state index contributed by atoms with van der Waals surface area (Å²) in [5.41, 5.74) is 2.48. The Balaban J connectivity index is 1.88. The topological polar surface area (TPSA) is 48.3 Å². The predicted molar refractivity (Wildman–Crippen MR) is 74.2 cm³/mol. The molecule has 0 bridgehead atoms. The molecule has 19 heavy (non-hydrogen) atoms. The van der Waals surface area contributed by atoms with Crippen LogP contribution in [0.15, 0.2) is 6.20 Å². The van der Waals surface area contributed by atoms with E-state index in [1.807, 2.05) is 11.7 Å². The molecule has 0 aliphatic carbocycles. The van der Waals surface area contributed by atoms with Crippen molar-refractivity contribution in [3.8, 4) is 0 Å². The number of aromatic nitrogens is 2. The van der Waals surface area contributed by atoms with Crippen LogP contribution in [0, 0.1) is 0 Å². The van der Waals surface area contributed by atoms with Gasteiger partial charge in [-0.25, -0.2) is 0 Å². The van der Waals surface area contributed by atoms with E-state index in [9.17, 15) is 0 Å². The summed E-state index contributed by atoms with van der Waals surface area (Å²) in [4.78, 5) is 0. The summed E-state index contributed by atoms with van der Waals surface area (Å²) in [6.45, 7) is 10.3. The van der Waals surface area contributed by atoms with Crippen LogP contribution >= 0.6 is 0 Å². The average Bonchev–Trinajstić information content (AvgIpc) is 2.72. The highest BCUT2D eigenvalue weighted by atomic mass is 16.6. The largest absolute Gasteiger partial charge is 0.376 e. The van der Waals surface area contributed by atoms with Crippen molar-refractivity contribution in [2.45, 2.75) is 38.8 Å². The molecule has 2 rings (SSSR count). The number of ether oxygens (including phenoxy) is 2. The Bertz CT molecular complexity index is 403. The molecule has 0 spiro atoms. The monoisotopic (exact) mass is 267 g/mol. The Morgan fingerprint density at radius 3 is 2.84 bits per heavy atom. The summed E-state index contributed by atoms with van der Waals surface area (Å²) in [6.07, 6.45) is 2.26. The van der Waals surface area contributed by atoms with E-state index in [0.29, 0.717) is 19.8 Å². The summed E-state index contributed by atoms with van der Waals surface area (Å²) in [7, 11) is 1.97. The van der Waals surface area contributed by atoms with Gasteiger partial charge in [0.15, 0.2) is 0 Å². The zero-order valence-electron chi connectivity index (χ0n) is 12.4. The Labute approximate surface area is 115 Å². The first-order chi connectivity index (χ1) is 8.97. The molecule has 0 saturated carbocycles. The molecule has 2 heterocycles. The van der Waals surface area contributed by atoms with Crippen molar-refractivity contribution in [3.63, 3.8) is 0 Å². The highest BCUT2D eigenvalue weighted by Gasteiger charge is 2.22. The second kappa shape index (κ2) is 6.03. The Morgan fingerprint density at radius 2 is 2.21 bits per heavy atom. The van der Waals surface area contributed by atoms with E-state index in [4.69, 9.17) is 9.47 Å². The second-order valence-corrected chi connectivity index (χ2v) is 6.13. The van der Waals surface area contributed by atoms with Crippen molar-refractivity contribution in [1.82, 2.24) is 15.1 Å². The number of aryl methyl sites for hydroxylation is 1. The van der Waals surface area contributed by atoms with Gasteiger partial charge in [0.05, 0.1) is 31.6 Å². The molecule has 108 valence electrons. The Hall–Kier alpha value is -0.910. The van der Waals surface area contributed by atoms with E-state index < -0.39 is 0 Å². The molecule has 0 aromatic carbocycles. The van der Waals surface area contributed by atoms with Crippen molar-refractivity contribution in [2.24, 2.45) is 7.05 Å². The van der Waals surface area contributed by atoms with E-state index in [0.717, 1.165) is 18.8 Å². The van der Waals surface area contributed by atoms with E-state index in [1.165, 1.54) is 5.56 Å². The molecule has 1 saturated heterocycles. The minimum atomic E-state index is 0.0721. The van der Waals surface area contributed by atoms with Gasteiger partial charge in [-0.05, 0) is 0 Å². The third kappa shape index (κ3) is 4.03. The predicted octanol–water partition coefficient (Wildman–Crippen LogP) is 1.22. The Morgan fingerprint density at radius 1 is 1.42 bits per heavy atom. The molecular formula is C14H25N3O2. The lowest BCUT2D eigenvalue weighted by Gasteiger charge is -2.23. The quantitative estimate of drug-likeness (QED) is 0.891. The van der Waals surface area contributed by atoms with Gasteiger partial charge in [-0.1, -0.05) is 20.8 Å². The third-order valence-electron chi connectivity index (χ3n) is 3.19. The minimum absolute atomic E-state index is 0.0721. The zero-order chi connectivity index (χ0) is 13.9. The molecule has 1 N–H and O–H groups in total. The number of nitrogens with zero attached hydrogens (tertiary/aromatic N) is 2. The Kier molecular flexibility index (Phi) is 4.60. The average molecular weight is 267 g/mol. The maximum atomic E-state index is 5.61. The van der Waals surface area contributed by atoms with E-state index in [2.05, 4.69) is 37.4 Å². The molecular weight excluding hydrogens is 242 g/mol. The van der Waals surface area contributed by atoms with E-state index in [-0.39, 0.29) is 11.5 Å². The van der Waals surface area contributed by atoms with Gasteiger partial charge in [-0.3, -0.25) is 4.68 Å². The molecule has 1 aromatic rings. The standard InChI is InChI=1S/C14H25N3O2/c1-14(2,3)13-11(9-17(4)16-13)7-15-8-12-10-18-5-6-19-12/h9,12,15H,5-8,10H2,1-4H3. The first-order valence-electron chi connectivity index (χ1n) is 6.90. The number of rotatable bonds is 4. The highest BCUT2D eigenvalue weighted by molar-refractivity contribution is 5.23. The van der Waals surface area contributed by atoms with Gasteiger partial charge < -0.3 is 14.8 Å². The van der Waals surface area contributed by atoms with Crippen LogP contribution in [0.3, 0.4) is 0 Å². The van der Waals surface area contributed by atoms with Crippen molar-refractivity contribution >= 4 is 0 Å². The smallest absolute Gasteiger partial charge is 0.0933 e. The molecule has 0 radical (unpaired) electrons. The molecule has 5 nitrogen and oxygen atoms in total. The summed E-state index contributed by atoms with van der Waals surface area (Å²) in [6, 6.07) is 0. The van der Waals surface area contributed by atoms with Crippen LogP contribution in [0.4, 0.5) is 0 Å². The van der Waals surface area contributed by atoms with Gasteiger partial charge in [-0.15, -0.1) is 0 Å². The SMILES string of the molecule is Cn1cc(CNCC2COCCO2)c(C(C)(C)C)n1. The van der Waals surface area contributed by atoms with Gasteiger partial charge in [0.25, 0.3) is 0 Å². The van der Waals surface area contributed by atoms with Crippen LogP contribution in [-0.4, -0.2) is 42.2 Å². The normalized spacial score (nSPS) is 20.7. The van der Waals surface area contributed by atoms with Crippen molar-refractivity contribution in [2.75, 3.05) is 26.4 Å². The molecule has 1 unspecified atom stereocenters. The molecule has 1 aliphatic rings. The fraction of sp³-hybridized carbons (Fsp3) is 0.786. The molecule has 5 heteroatoms. The highest BCUT2D eigenvalue weighted by Crippen LogP contribution is 2.23. The first kappa shape index (κ1) is 14.5. The van der Waals surface area contributed by atoms with Crippen molar-refractivity contribution in [3.05, 3.63) is 17.5 Å². The minimum Gasteiger partial charge on any atom is -0.376 e. The van der Waals surface area contributed by atoms with Gasteiger partial charge in [0, 0.05) is 37.3 Å². The maximum Gasteiger partial charge on any atom is 0.0933 e. The van der Waals surface area contributed by atoms with Crippen LogP contribution in [0.25, 0.3) is 0 Å². The van der Waals surface area contributed by atoms with Crippen LogP contribution in [0.2, 0.25) is 0 Å². The van der Waals surface area contributed by atoms with Crippen molar-refractivity contribution in [1.29, 1.82) is 0 Å². The van der Waals surface area contributed by atoms with Crippen LogP contribution in [0.1, 0.15) is 32.0 Å². The van der Waals surface area contributed by atoms with Crippen molar-refractivity contribution < 1.29 is 9.47 Å². The molecule has 1 aromatic heterocycles. The number of hydrogen-bond acceptors (Lipinski definition) is 4. The molecule has 1 atom stereocenters. The number of nitrogens with one attached hydrogen (secondary N) is 1. The maximum absolute atomic E-state index is 5.61. The fourth-order valence-corrected chi connectivity index (χ4v) is 2.32. The lowest BCUT2D eigenvalue weighted by Crippen LogP contribution is -2.37. The van der Waals surface area contributed by atoms with Gasteiger partial charge >= 0.3 is 0 Å².